The van der Waals surface area contributed by atoms with Crippen molar-refractivity contribution in [2.75, 3.05) is 17.7 Å². The SMILES string of the molecule is CN(Cc1cc(N)ccc1O)c1cccc(F)c1. The smallest absolute Gasteiger partial charge is 0.125 e. The molecule has 0 saturated heterocycles. The summed E-state index contributed by atoms with van der Waals surface area (Å²) in [4.78, 5) is 1.84. The van der Waals surface area contributed by atoms with E-state index in [1.807, 2.05) is 18.0 Å². The maximum atomic E-state index is 13.1. The molecule has 0 saturated carbocycles. The molecule has 0 heterocycles. The first-order valence-corrected chi connectivity index (χ1v) is 5.60. The lowest BCUT2D eigenvalue weighted by Crippen LogP contribution is -2.16. The van der Waals surface area contributed by atoms with E-state index < -0.39 is 0 Å². The third kappa shape index (κ3) is 2.71. The number of nitrogen functional groups attached to an aromatic ring is 1. The van der Waals surface area contributed by atoms with Crippen molar-refractivity contribution in [2.45, 2.75) is 6.54 Å². The Hall–Kier alpha value is -2.23. The van der Waals surface area contributed by atoms with Crippen molar-refractivity contribution in [1.82, 2.24) is 0 Å². The fourth-order valence-electron chi connectivity index (χ4n) is 1.79. The lowest BCUT2D eigenvalue weighted by molar-refractivity contribution is 0.468. The second-order valence-electron chi connectivity index (χ2n) is 4.22. The van der Waals surface area contributed by atoms with Crippen LogP contribution in [0.5, 0.6) is 5.75 Å². The Kier molecular flexibility index (Phi) is 3.37. The lowest BCUT2D eigenvalue weighted by atomic mass is 10.1. The van der Waals surface area contributed by atoms with E-state index >= 15 is 0 Å². The first-order valence-electron chi connectivity index (χ1n) is 5.60. The monoisotopic (exact) mass is 246 g/mol. The molecule has 0 amide bonds. The summed E-state index contributed by atoms with van der Waals surface area (Å²) in [5.41, 5.74) is 7.73. The molecule has 0 aliphatic rings. The van der Waals surface area contributed by atoms with Crippen molar-refractivity contribution in [1.29, 1.82) is 0 Å². The summed E-state index contributed by atoms with van der Waals surface area (Å²) in [5, 5.41) is 9.73. The molecule has 0 aromatic heterocycles. The van der Waals surface area contributed by atoms with E-state index in [0.717, 1.165) is 5.69 Å². The van der Waals surface area contributed by atoms with Crippen molar-refractivity contribution < 1.29 is 9.50 Å². The summed E-state index contributed by atoms with van der Waals surface area (Å²) >= 11 is 0. The first-order chi connectivity index (χ1) is 8.56. The Balaban J connectivity index is 2.21. The van der Waals surface area contributed by atoms with Gasteiger partial charge in [0.1, 0.15) is 11.6 Å². The Morgan fingerprint density at radius 3 is 2.72 bits per heavy atom. The summed E-state index contributed by atoms with van der Waals surface area (Å²) in [6, 6.07) is 11.2. The maximum absolute atomic E-state index is 13.1. The van der Waals surface area contributed by atoms with Gasteiger partial charge in [-0.25, -0.2) is 4.39 Å². The van der Waals surface area contributed by atoms with E-state index in [1.54, 1.807) is 24.3 Å². The number of hydrogen-bond acceptors (Lipinski definition) is 3. The summed E-state index contributed by atoms with van der Waals surface area (Å²) in [6.07, 6.45) is 0. The van der Waals surface area contributed by atoms with Crippen molar-refractivity contribution in [3.63, 3.8) is 0 Å². The minimum absolute atomic E-state index is 0.187. The van der Waals surface area contributed by atoms with Gasteiger partial charge in [0.05, 0.1) is 0 Å². The van der Waals surface area contributed by atoms with Crippen LogP contribution in [-0.2, 0) is 6.54 Å². The molecule has 0 atom stereocenters. The van der Waals surface area contributed by atoms with E-state index in [0.29, 0.717) is 17.8 Å². The largest absolute Gasteiger partial charge is 0.508 e. The molecule has 3 N–H and O–H groups in total. The molecule has 0 spiro atoms. The average Bonchev–Trinajstić information content (AvgIpc) is 2.34. The minimum Gasteiger partial charge on any atom is -0.508 e. The minimum atomic E-state index is -0.281. The number of anilines is 2. The molecule has 18 heavy (non-hydrogen) atoms. The van der Waals surface area contributed by atoms with E-state index in [2.05, 4.69) is 0 Å². The van der Waals surface area contributed by atoms with Crippen LogP contribution in [0.4, 0.5) is 15.8 Å². The predicted octanol–water partition coefficient (Wildman–Crippen LogP) is 2.75. The molecule has 3 nitrogen and oxygen atoms in total. The highest BCUT2D eigenvalue weighted by Gasteiger charge is 2.07. The highest BCUT2D eigenvalue weighted by Crippen LogP contribution is 2.23. The molecule has 0 fully saturated rings. The van der Waals surface area contributed by atoms with Gasteiger partial charge < -0.3 is 15.7 Å². The van der Waals surface area contributed by atoms with Crippen LogP contribution in [-0.4, -0.2) is 12.2 Å². The second kappa shape index (κ2) is 4.96. The number of benzene rings is 2. The number of rotatable bonds is 3. The topological polar surface area (TPSA) is 49.5 Å². The molecule has 0 aliphatic carbocycles. The van der Waals surface area contributed by atoms with E-state index in [1.165, 1.54) is 12.1 Å². The standard InChI is InChI=1S/C14H15FN2O/c1-17(13-4-2-3-11(15)8-13)9-10-7-12(16)5-6-14(10)18/h2-8,18H,9,16H2,1H3. The number of phenols is 1. The van der Waals surface area contributed by atoms with Crippen LogP contribution < -0.4 is 10.6 Å². The van der Waals surface area contributed by atoms with Gasteiger partial charge in [-0.05, 0) is 36.4 Å². The van der Waals surface area contributed by atoms with Crippen LogP contribution in [0.15, 0.2) is 42.5 Å². The fourth-order valence-corrected chi connectivity index (χ4v) is 1.79. The Morgan fingerprint density at radius 1 is 1.22 bits per heavy atom. The molecule has 0 bridgehead atoms. The van der Waals surface area contributed by atoms with Gasteiger partial charge in [-0.2, -0.15) is 0 Å². The van der Waals surface area contributed by atoms with E-state index in [9.17, 15) is 9.50 Å². The molecule has 0 aliphatic heterocycles. The molecule has 2 aromatic carbocycles. The number of nitrogens with zero attached hydrogens (tertiary/aromatic N) is 1. The lowest BCUT2D eigenvalue weighted by Gasteiger charge is -2.20. The number of hydrogen-bond donors (Lipinski definition) is 2. The maximum Gasteiger partial charge on any atom is 0.125 e. The molecule has 4 heteroatoms. The highest BCUT2D eigenvalue weighted by atomic mass is 19.1. The molecular formula is C14H15FN2O. The predicted molar refractivity (Wildman–Crippen MR) is 71.0 cm³/mol. The van der Waals surface area contributed by atoms with Gasteiger partial charge in [0.25, 0.3) is 0 Å². The second-order valence-corrected chi connectivity index (χ2v) is 4.22. The summed E-state index contributed by atoms with van der Waals surface area (Å²) in [7, 11) is 1.83. The molecule has 0 unspecified atom stereocenters. The third-order valence-corrected chi connectivity index (χ3v) is 2.76. The Bertz CT molecular complexity index is 557. The molecule has 94 valence electrons. The van der Waals surface area contributed by atoms with Gasteiger partial charge in [-0.3, -0.25) is 0 Å². The highest BCUT2D eigenvalue weighted by molar-refractivity contribution is 5.51. The zero-order chi connectivity index (χ0) is 13.1. The number of nitrogens with two attached hydrogens (primary N) is 1. The zero-order valence-electron chi connectivity index (χ0n) is 10.1. The van der Waals surface area contributed by atoms with Crippen LogP contribution in [0.1, 0.15) is 5.56 Å². The quantitative estimate of drug-likeness (QED) is 0.646. The van der Waals surface area contributed by atoms with Gasteiger partial charge in [0.15, 0.2) is 0 Å². The van der Waals surface area contributed by atoms with Crippen LogP contribution in [0.3, 0.4) is 0 Å². The van der Waals surface area contributed by atoms with Gasteiger partial charge in [-0.15, -0.1) is 0 Å². The number of aromatic hydroxyl groups is 1. The van der Waals surface area contributed by atoms with Crippen molar-refractivity contribution in [2.24, 2.45) is 0 Å². The first kappa shape index (κ1) is 12.2. The molecule has 2 aromatic rings. The molecule has 2 rings (SSSR count). The normalized spacial score (nSPS) is 10.3. The molecule has 0 radical (unpaired) electrons. The number of halogens is 1. The van der Waals surface area contributed by atoms with Crippen molar-refractivity contribution in [3.05, 3.63) is 53.8 Å². The van der Waals surface area contributed by atoms with Gasteiger partial charge in [0, 0.05) is 30.5 Å². The van der Waals surface area contributed by atoms with Crippen LogP contribution >= 0.6 is 0 Å². The van der Waals surface area contributed by atoms with E-state index in [4.69, 9.17) is 5.73 Å². The van der Waals surface area contributed by atoms with Gasteiger partial charge >= 0.3 is 0 Å². The zero-order valence-corrected chi connectivity index (χ0v) is 10.1. The van der Waals surface area contributed by atoms with Crippen molar-refractivity contribution >= 4 is 11.4 Å². The summed E-state index contributed by atoms with van der Waals surface area (Å²) in [5.74, 6) is -0.0939. The summed E-state index contributed by atoms with van der Waals surface area (Å²) in [6.45, 7) is 0.459. The number of phenolic OH excluding ortho intramolecular Hbond substituents is 1. The van der Waals surface area contributed by atoms with Gasteiger partial charge in [0.2, 0.25) is 0 Å². The van der Waals surface area contributed by atoms with Crippen LogP contribution in [0, 0.1) is 5.82 Å². The van der Waals surface area contributed by atoms with Crippen LogP contribution in [0.2, 0.25) is 0 Å². The molecular weight excluding hydrogens is 231 g/mol. The third-order valence-electron chi connectivity index (χ3n) is 2.76. The average molecular weight is 246 g/mol. The summed E-state index contributed by atoms with van der Waals surface area (Å²) < 4.78 is 13.1. The fraction of sp³-hybridized carbons (Fsp3) is 0.143. The van der Waals surface area contributed by atoms with Gasteiger partial charge in [-0.1, -0.05) is 6.07 Å². The van der Waals surface area contributed by atoms with E-state index in [-0.39, 0.29) is 11.6 Å². The van der Waals surface area contributed by atoms with Crippen LogP contribution in [0.25, 0.3) is 0 Å². The van der Waals surface area contributed by atoms with Crippen molar-refractivity contribution in [3.8, 4) is 5.75 Å². The Labute approximate surface area is 105 Å². The Morgan fingerprint density at radius 2 is 2.00 bits per heavy atom.